The molecule has 3 aromatic rings. The number of hydrogen-bond donors (Lipinski definition) is 1. The number of benzene rings is 2. The summed E-state index contributed by atoms with van der Waals surface area (Å²) in [6.07, 6.45) is 4.28. The highest BCUT2D eigenvalue weighted by Gasteiger charge is 2.25. The van der Waals surface area contributed by atoms with Crippen LogP contribution in [-0.4, -0.2) is 41.3 Å². The number of H-pyrrole nitrogens is 1. The average Bonchev–Trinajstić information content (AvgIpc) is 3.24. The van der Waals surface area contributed by atoms with E-state index in [0.29, 0.717) is 11.5 Å². The number of methoxy groups -OCH3 is 1. The second-order valence-electron chi connectivity index (χ2n) is 7.83. The number of carbonyl (C=O) groups is 1. The molecule has 150 valence electrons. The molecule has 4 rings (SSSR count). The molecule has 1 saturated heterocycles. The number of aryl methyl sites for hydroxylation is 1. The summed E-state index contributed by atoms with van der Waals surface area (Å²) < 4.78 is 4.78. The SMILES string of the molecule is COC(=O)c1ccc(CN2CCCC(c3[nH]ncc3-c3ccc(C)cc3)C2)cc1. The Labute approximate surface area is 171 Å². The number of hydrogen-bond acceptors (Lipinski definition) is 4. The Morgan fingerprint density at radius 1 is 1.17 bits per heavy atom. The molecule has 1 aliphatic rings. The first-order valence-corrected chi connectivity index (χ1v) is 10.1. The van der Waals surface area contributed by atoms with Crippen molar-refractivity contribution in [2.45, 2.75) is 32.2 Å². The Morgan fingerprint density at radius 3 is 2.66 bits per heavy atom. The number of nitrogens with one attached hydrogen (secondary N) is 1. The van der Waals surface area contributed by atoms with E-state index in [1.54, 1.807) is 0 Å². The van der Waals surface area contributed by atoms with Gasteiger partial charge >= 0.3 is 5.97 Å². The maximum absolute atomic E-state index is 11.6. The van der Waals surface area contributed by atoms with E-state index in [4.69, 9.17) is 4.74 Å². The largest absolute Gasteiger partial charge is 0.465 e. The molecule has 1 aliphatic heterocycles. The second-order valence-corrected chi connectivity index (χ2v) is 7.83. The van der Waals surface area contributed by atoms with Gasteiger partial charge in [0, 0.05) is 30.3 Å². The van der Waals surface area contributed by atoms with Gasteiger partial charge in [-0.1, -0.05) is 42.0 Å². The summed E-state index contributed by atoms with van der Waals surface area (Å²) >= 11 is 0. The lowest BCUT2D eigenvalue weighted by Gasteiger charge is -2.32. The van der Waals surface area contributed by atoms with Crippen molar-refractivity contribution in [3.05, 3.63) is 77.1 Å². The van der Waals surface area contributed by atoms with Gasteiger partial charge in [0.15, 0.2) is 0 Å². The predicted molar refractivity (Wildman–Crippen MR) is 114 cm³/mol. The lowest BCUT2D eigenvalue weighted by atomic mass is 9.90. The van der Waals surface area contributed by atoms with Crippen LogP contribution in [0.2, 0.25) is 0 Å². The van der Waals surface area contributed by atoms with E-state index >= 15 is 0 Å². The van der Waals surface area contributed by atoms with Crippen LogP contribution in [-0.2, 0) is 11.3 Å². The van der Waals surface area contributed by atoms with Gasteiger partial charge in [-0.2, -0.15) is 5.10 Å². The fourth-order valence-electron chi connectivity index (χ4n) is 4.13. The molecule has 1 atom stereocenters. The van der Waals surface area contributed by atoms with E-state index < -0.39 is 0 Å². The average molecular weight is 389 g/mol. The maximum Gasteiger partial charge on any atom is 0.337 e. The van der Waals surface area contributed by atoms with Crippen molar-refractivity contribution < 1.29 is 9.53 Å². The van der Waals surface area contributed by atoms with E-state index in [1.165, 1.54) is 41.5 Å². The smallest absolute Gasteiger partial charge is 0.337 e. The van der Waals surface area contributed by atoms with Crippen molar-refractivity contribution in [3.8, 4) is 11.1 Å². The number of rotatable bonds is 5. The first-order chi connectivity index (χ1) is 14.1. The molecule has 29 heavy (non-hydrogen) atoms. The quantitative estimate of drug-likeness (QED) is 0.651. The van der Waals surface area contributed by atoms with Gasteiger partial charge in [0.25, 0.3) is 0 Å². The molecule has 5 heteroatoms. The molecular weight excluding hydrogens is 362 g/mol. The molecule has 1 N–H and O–H groups in total. The van der Waals surface area contributed by atoms with Gasteiger partial charge in [0.05, 0.1) is 18.9 Å². The summed E-state index contributed by atoms with van der Waals surface area (Å²) in [5.41, 5.74) is 6.73. The highest BCUT2D eigenvalue weighted by molar-refractivity contribution is 5.89. The lowest BCUT2D eigenvalue weighted by molar-refractivity contribution is 0.0600. The van der Waals surface area contributed by atoms with Crippen LogP contribution in [0.15, 0.2) is 54.7 Å². The van der Waals surface area contributed by atoms with Crippen LogP contribution in [0.5, 0.6) is 0 Å². The molecule has 2 heterocycles. The molecule has 1 aromatic heterocycles. The third-order valence-corrected chi connectivity index (χ3v) is 5.73. The van der Waals surface area contributed by atoms with E-state index in [2.05, 4.69) is 46.3 Å². The maximum atomic E-state index is 11.6. The Morgan fingerprint density at radius 2 is 1.93 bits per heavy atom. The van der Waals surface area contributed by atoms with E-state index in [0.717, 1.165) is 26.1 Å². The Bertz CT molecular complexity index is 961. The molecule has 0 aliphatic carbocycles. The van der Waals surface area contributed by atoms with Crippen molar-refractivity contribution in [1.29, 1.82) is 0 Å². The van der Waals surface area contributed by atoms with Crippen LogP contribution in [0.1, 0.15) is 45.9 Å². The Hall–Kier alpha value is -2.92. The van der Waals surface area contributed by atoms with Gasteiger partial charge in [-0.3, -0.25) is 10.00 Å². The molecule has 1 unspecified atom stereocenters. The normalized spacial score (nSPS) is 17.2. The van der Waals surface area contributed by atoms with E-state index in [-0.39, 0.29) is 5.97 Å². The molecule has 0 amide bonds. The summed E-state index contributed by atoms with van der Waals surface area (Å²) in [5, 5.41) is 7.62. The number of aromatic nitrogens is 2. The highest BCUT2D eigenvalue weighted by Crippen LogP contribution is 2.33. The molecule has 2 aromatic carbocycles. The van der Waals surface area contributed by atoms with Crippen LogP contribution < -0.4 is 0 Å². The van der Waals surface area contributed by atoms with Crippen LogP contribution in [0.3, 0.4) is 0 Å². The fraction of sp³-hybridized carbons (Fsp3) is 0.333. The minimum Gasteiger partial charge on any atom is -0.465 e. The monoisotopic (exact) mass is 389 g/mol. The topological polar surface area (TPSA) is 58.2 Å². The van der Waals surface area contributed by atoms with Crippen molar-refractivity contribution in [2.75, 3.05) is 20.2 Å². The first-order valence-electron chi connectivity index (χ1n) is 10.1. The van der Waals surface area contributed by atoms with Gasteiger partial charge in [-0.15, -0.1) is 0 Å². The highest BCUT2D eigenvalue weighted by atomic mass is 16.5. The first kappa shape index (κ1) is 19.4. The number of likely N-dealkylation sites (tertiary alicyclic amines) is 1. The van der Waals surface area contributed by atoms with Gasteiger partial charge < -0.3 is 4.74 Å². The van der Waals surface area contributed by atoms with E-state index in [9.17, 15) is 4.79 Å². The van der Waals surface area contributed by atoms with Gasteiger partial charge in [0.1, 0.15) is 0 Å². The number of esters is 1. The van der Waals surface area contributed by atoms with Crippen molar-refractivity contribution >= 4 is 5.97 Å². The van der Waals surface area contributed by atoms with Crippen LogP contribution in [0.25, 0.3) is 11.1 Å². The third-order valence-electron chi connectivity index (χ3n) is 5.73. The number of aromatic amines is 1. The molecule has 5 nitrogen and oxygen atoms in total. The molecule has 0 bridgehead atoms. The zero-order chi connectivity index (χ0) is 20.2. The number of nitrogens with zero attached hydrogens (tertiary/aromatic N) is 2. The summed E-state index contributed by atoms with van der Waals surface area (Å²) in [7, 11) is 1.41. The summed E-state index contributed by atoms with van der Waals surface area (Å²) in [5.74, 6) is 0.148. The standard InChI is InChI=1S/C24H27N3O2/c1-17-5-9-19(10-6-17)22-14-25-26-23(22)21-4-3-13-27(16-21)15-18-7-11-20(12-8-18)24(28)29-2/h5-12,14,21H,3-4,13,15-16H2,1-2H3,(H,25,26). The summed E-state index contributed by atoms with van der Waals surface area (Å²) in [6.45, 7) is 5.08. The third kappa shape index (κ3) is 4.40. The molecule has 1 fully saturated rings. The van der Waals surface area contributed by atoms with Crippen LogP contribution in [0.4, 0.5) is 0 Å². The fourth-order valence-corrected chi connectivity index (χ4v) is 4.13. The van der Waals surface area contributed by atoms with Gasteiger partial charge in [-0.25, -0.2) is 4.79 Å². The predicted octanol–water partition coefficient (Wildman–Crippen LogP) is 4.55. The van der Waals surface area contributed by atoms with Crippen molar-refractivity contribution in [3.63, 3.8) is 0 Å². The molecule has 0 spiro atoms. The number of ether oxygens (including phenoxy) is 1. The van der Waals surface area contributed by atoms with Crippen LogP contribution >= 0.6 is 0 Å². The van der Waals surface area contributed by atoms with Gasteiger partial charge in [0.2, 0.25) is 0 Å². The van der Waals surface area contributed by atoms with E-state index in [1.807, 2.05) is 30.5 Å². The molecule has 0 saturated carbocycles. The second kappa shape index (κ2) is 8.62. The lowest BCUT2D eigenvalue weighted by Crippen LogP contribution is -2.34. The molecular formula is C24H27N3O2. The minimum absolute atomic E-state index is 0.294. The Balaban J connectivity index is 1.46. The summed E-state index contributed by atoms with van der Waals surface area (Å²) in [6, 6.07) is 16.4. The van der Waals surface area contributed by atoms with Gasteiger partial charge in [-0.05, 0) is 49.6 Å². The zero-order valence-corrected chi connectivity index (χ0v) is 17.0. The van der Waals surface area contributed by atoms with Crippen molar-refractivity contribution in [1.82, 2.24) is 15.1 Å². The summed E-state index contributed by atoms with van der Waals surface area (Å²) in [4.78, 5) is 14.1. The zero-order valence-electron chi connectivity index (χ0n) is 17.0. The number of piperidine rings is 1. The number of carbonyl (C=O) groups excluding carboxylic acids is 1. The molecule has 0 radical (unpaired) electrons. The Kier molecular flexibility index (Phi) is 5.76. The van der Waals surface area contributed by atoms with Crippen molar-refractivity contribution in [2.24, 2.45) is 0 Å². The minimum atomic E-state index is -0.294. The van der Waals surface area contributed by atoms with Crippen LogP contribution in [0, 0.1) is 6.92 Å².